The van der Waals surface area contributed by atoms with Gasteiger partial charge in [-0.2, -0.15) is 10.4 Å². The molecule has 0 atom stereocenters. The summed E-state index contributed by atoms with van der Waals surface area (Å²) in [6, 6.07) is 7.60. The molecule has 2 aromatic rings. The van der Waals surface area contributed by atoms with Crippen molar-refractivity contribution in [3.05, 3.63) is 50.8 Å². The van der Waals surface area contributed by atoms with Gasteiger partial charge in [0.1, 0.15) is 11.6 Å². The molecule has 0 amide bonds. The zero-order valence-electron chi connectivity index (χ0n) is 14.7. The predicted octanol–water partition coefficient (Wildman–Crippen LogP) is 3.41. The first-order valence-corrected chi connectivity index (χ1v) is 7.75. The van der Waals surface area contributed by atoms with E-state index in [0.29, 0.717) is 11.3 Å². The van der Waals surface area contributed by atoms with Crippen LogP contribution in [0.4, 0.5) is 11.4 Å². The van der Waals surface area contributed by atoms with Crippen LogP contribution in [0.15, 0.2) is 33.2 Å². The van der Waals surface area contributed by atoms with Crippen LogP contribution >= 0.6 is 0 Å². The summed E-state index contributed by atoms with van der Waals surface area (Å²) < 4.78 is 6.02. The van der Waals surface area contributed by atoms with E-state index in [9.17, 15) is 15.2 Å². The maximum absolute atomic E-state index is 12.6. The molecule has 7 heteroatoms. The lowest BCUT2D eigenvalue weighted by Crippen LogP contribution is -2.23. The molecule has 0 bridgehead atoms. The molecule has 0 aliphatic rings. The lowest BCUT2D eigenvalue weighted by atomic mass is 10.1. The Labute approximate surface area is 145 Å². The van der Waals surface area contributed by atoms with E-state index in [2.05, 4.69) is 10.2 Å². The van der Waals surface area contributed by atoms with Gasteiger partial charge in [-0.25, -0.2) is 0 Å². The molecule has 0 aliphatic heterocycles. The number of aryl methyl sites for hydroxylation is 2. The minimum Gasteiger partial charge on any atom is -0.493 e. The molecule has 1 heterocycles. The van der Waals surface area contributed by atoms with Crippen LogP contribution in [0.1, 0.15) is 22.3 Å². The van der Waals surface area contributed by atoms with Crippen LogP contribution in [-0.4, -0.2) is 23.4 Å². The second-order valence-electron chi connectivity index (χ2n) is 5.72. The number of aromatic nitrogens is 1. The standard InChI is InChI=1S/C18H20N4O3/c1-11-5-6-15(12(2)9-11)20-21-16-13(3)14(10-19)17(23)22(18(16)24)7-8-25-4/h5-6,9,23H,7-8H2,1-4H3. The Kier molecular flexibility index (Phi) is 5.67. The van der Waals surface area contributed by atoms with Gasteiger partial charge in [0.2, 0.25) is 5.88 Å². The predicted molar refractivity (Wildman–Crippen MR) is 93.8 cm³/mol. The number of benzene rings is 1. The van der Waals surface area contributed by atoms with E-state index in [1.807, 2.05) is 38.1 Å². The van der Waals surface area contributed by atoms with Gasteiger partial charge < -0.3 is 9.84 Å². The molecule has 1 N–H and O–H groups in total. The third-order valence-electron chi connectivity index (χ3n) is 3.90. The van der Waals surface area contributed by atoms with Gasteiger partial charge in [0.25, 0.3) is 5.56 Å². The highest BCUT2D eigenvalue weighted by molar-refractivity contribution is 5.57. The first-order valence-electron chi connectivity index (χ1n) is 7.75. The number of azo groups is 1. The minimum absolute atomic E-state index is 0.00489. The normalized spacial score (nSPS) is 11.0. The number of nitrogens with zero attached hydrogens (tertiary/aromatic N) is 4. The van der Waals surface area contributed by atoms with Gasteiger partial charge in [-0.05, 0) is 32.4 Å². The van der Waals surface area contributed by atoms with Crippen molar-refractivity contribution in [2.24, 2.45) is 10.2 Å². The SMILES string of the molecule is COCCn1c(O)c(C#N)c(C)c(N=Nc2ccc(C)cc2C)c1=O. The Balaban J connectivity index is 2.58. The lowest BCUT2D eigenvalue weighted by Gasteiger charge is -2.12. The van der Waals surface area contributed by atoms with E-state index in [1.54, 1.807) is 6.92 Å². The Bertz CT molecular complexity index is 923. The summed E-state index contributed by atoms with van der Waals surface area (Å²) in [7, 11) is 1.49. The highest BCUT2D eigenvalue weighted by Crippen LogP contribution is 2.27. The summed E-state index contributed by atoms with van der Waals surface area (Å²) in [6.07, 6.45) is 0. The molecule has 1 aromatic carbocycles. The number of nitriles is 1. The lowest BCUT2D eigenvalue weighted by molar-refractivity contribution is 0.182. The third-order valence-corrected chi connectivity index (χ3v) is 3.90. The second-order valence-corrected chi connectivity index (χ2v) is 5.72. The van der Waals surface area contributed by atoms with Crippen LogP contribution in [0.5, 0.6) is 5.88 Å². The van der Waals surface area contributed by atoms with E-state index in [4.69, 9.17) is 4.74 Å². The molecule has 0 saturated carbocycles. The topological polar surface area (TPSA) is 100.0 Å². The fourth-order valence-corrected chi connectivity index (χ4v) is 2.47. The van der Waals surface area contributed by atoms with Crippen molar-refractivity contribution in [3.8, 4) is 11.9 Å². The third kappa shape index (κ3) is 3.75. The van der Waals surface area contributed by atoms with Gasteiger partial charge >= 0.3 is 0 Å². The highest BCUT2D eigenvalue weighted by Gasteiger charge is 2.19. The molecule has 0 saturated heterocycles. The molecule has 0 aliphatic carbocycles. The first kappa shape index (κ1) is 18.4. The molecule has 0 fully saturated rings. The van der Waals surface area contributed by atoms with Gasteiger partial charge in [0, 0.05) is 12.7 Å². The zero-order valence-corrected chi connectivity index (χ0v) is 14.7. The molecular weight excluding hydrogens is 320 g/mol. The van der Waals surface area contributed by atoms with Crippen molar-refractivity contribution < 1.29 is 9.84 Å². The van der Waals surface area contributed by atoms with E-state index in [-0.39, 0.29) is 30.3 Å². The van der Waals surface area contributed by atoms with Crippen molar-refractivity contribution >= 4 is 11.4 Å². The zero-order chi connectivity index (χ0) is 18.6. The van der Waals surface area contributed by atoms with Crippen LogP contribution in [-0.2, 0) is 11.3 Å². The van der Waals surface area contributed by atoms with Crippen LogP contribution < -0.4 is 5.56 Å². The number of hydrogen-bond acceptors (Lipinski definition) is 6. The molecule has 130 valence electrons. The molecule has 1 aromatic heterocycles. The first-order chi connectivity index (χ1) is 11.9. The van der Waals surface area contributed by atoms with Gasteiger partial charge in [-0.15, -0.1) is 5.11 Å². The maximum atomic E-state index is 12.6. The van der Waals surface area contributed by atoms with Crippen LogP contribution in [0.2, 0.25) is 0 Å². The molecule has 2 rings (SSSR count). The average molecular weight is 340 g/mol. The van der Waals surface area contributed by atoms with Gasteiger partial charge in [-0.1, -0.05) is 17.7 Å². The summed E-state index contributed by atoms with van der Waals surface area (Å²) in [5.74, 6) is -0.382. The van der Waals surface area contributed by atoms with E-state index in [0.717, 1.165) is 15.7 Å². The van der Waals surface area contributed by atoms with Crippen molar-refractivity contribution in [3.63, 3.8) is 0 Å². The van der Waals surface area contributed by atoms with E-state index in [1.165, 1.54) is 7.11 Å². The quantitative estimate of drug-likeness (QED) is 0.843. The van der Waals surface area contributed by atoms with Gasteiger partial charge in [0.15, 0.2) is 5.69 Å². The van der Waals surface area contributed by atoms with Crippen molar-refractivity contribution in [2.75, 3.05) is 13.7 Å². The second kappa shape index (κ2) is 7.73. The Morgan fingerprint density at radius 1 is 1.28 bits per heavy atom. The Hall–Kier alpha value is -2.98. The van der Waals surface area contributed by atoms with Gasteiger partial charge in [0.05, 0.1) is 18.8 Å². The van der Waals surface area contributed by atoms with Crippen molar-refractivity contribution in [2.45, 2.75) is 27.3 Å². The molecule has 0 radical (unpaired) electrons. The van der Waals surface area contributed by atoms with Crippen LogP contribution in [0.3, 0.4) is 0 Å². The van der Waals surface area contributed by atoms with Gasteiger partial charge in [-0.3, -0.25) is 9.36 Å². The number of rotatable bonds is 5. The fourth-order valence-electron chi connectivity index (χ4n) is 2.47. The molecule has 7 nitrogen and oxygen atoms in total. The smallest absolute Gasteiger partial charge is 0.281 e. The number of pyridine rings is 1. The highest BCUT2D eigenvalue weighted by atomic mass is 16.5. The molecule has 0 unspecified atom stereocenters. The summed E-state index contributed by atoms with van der Waals surface area (Å²) in [6.45, 7) is 5.78. The summed E-state index contributed by atoms with van der Waals surface area (Å²) in [4.78, 5) is 12.6. The summed E-state index contributed by atoms with van der Waals surface area (Å²) >= 11 is 0. The molecule has 25 heavy (non-hydrogen) atoms. The van der Waals surface area contributed by atoms with E-state index < -0.39 is 5.56 Å². The number of hydrogen-bond donors (Lipinski definition) is 1. The largest absolute Gasteiger partial charge is 0.493 e. The molecule has 0 spiro atoms. The Morgan fingerprint density at radius 3 is 2.60 bits per heavy atom. The maximum Gasteiger partial charge on any atom is 0.281 e. The average Bonchev–Trinajstić information content (AvgIpc) is 2.56. The van der Waals surface area contributed by atoms with Crippen LogP contribution in [0, 0.1) is 32.1 Å². The Morgan fingerprint density at radius 2 is 2.00 bits per heavy atom. The summed E-state index contributed by atoms with van der Waals surface area (Å²) in [5.41, 5.74) is 2.49. The number of aromatic hydroxyl groups is 1. The fraction of sp³-hybridized carbons (Fsp3) is 0.333. The van der Waals surface area contributed by atoms with E-state index >= 15 is 0 Å². The summed E-state index contributed by atoms with van der Waals surface area (Å²) in [5, 5.41) is 27.7. The number of ether oxygens (including phenoxy) is 1. The van der Waals surface area contributed by atoms with Crippen molar-refractivity contribution in [1.29, 1.82) is 5.26 Å². The minimum atomic E-state index is -0.514. The number of methoxy groups -OCH3 is 1. The van der Waals surface area contributed by atoms with Crippen molar-refractivity contribution in [1.82, 2.24) is 4.57 Å². The molecular formula is C18H20N4O3. The van der Waals surface area contributed by atoms with Crippen LogP contribution in [0.25, 0.3) is 0 Å². The monoisotopic (exact) mass is 340 g/mol.